The fourth-order valence-corrected chi connectivity index (χ4v) is 2.18. The Hall–Kier alpha value is -1.55. The zero-order chi connectivity index (χ0) is 10.3. The van der Waals surface area contributed by atoms with E-state index in [0.717, 1.165) is 36.7 Å². The van der Waals surface area contributed by atoms with Gasteiger partial charge in [0.25, 0.3) is 0 Å². The van der Waals surface area contributed by atoms with E-state index in [4.69, 9.17) is 10.2 Å². The lowest BCUT2D eigenvalue weighted by molar-refractivity contribution is 0.481. The number of furan rings is 1. The third kappa shape index (κ3) is 1.22. The minimum absolute atomic E-state index is 0.648. The van der Waals surface area contributed by atoms with Crippen molar-refractivity contribution in [3.05, 3.63) is 30.1 Å². The third-order valence-electron chi connectivity index (χ3n) is 2.89. The lowest BCUT2D eigenvalue weighted by Crippen LogP contribution is -2.14. The highest BCUT2D eigenvalue weighted by Crippen LogP contribution is 2.30. The Bertz CT molecular complexity index is 484. The molecule has 1 aliphatic heterocycles. The van der Waals surface area contributed by atoms with Crippen LogP contribution in [0.15, 0.2) is 22.9 Å². The number of nitrogens with two attached hydrogens (primary N) is 1. The van der Waals surface area contributed by atoms with Gasteiger partial charge in [0.1, 0.15) is 11.6 Å². The maximum absolute atomic E-state index is 5.56. The summed E-state index contributed by atoms with van der Waals surface area (Å²) in [6.07, 6.45) is 5.45. The second-order valence-electron chi connectivity index (χ2n) is 3.76. The maximum Gasteiger partial charge on any atom is 0.114 e. The van der Waals surface area contributed by atoms with Crippen LogP contribution >= 0.6 is 0 Å². The predicted octanol–water partition coefficient (Wildman–Crippen LogP) is 1.20. The van der Waals surface area contributed by atoms with E-state index in [0.29, 0.717) is 6.54 Å². The Balaban J connectivity index is 2.11. The highest BCUT2D eigenvalue weighted by molar-refractivity contribution is 5.63. The van der Waals surface area contributed by atoms with Crippen LogP contribution in [0.1, 0.15) is 11.6 Å². The monoisotopic (exact) mass is 203 g/mol. The van der Waals surface area contributed by atoms with Gasteiger partial charge in [0, 0.05) is 24.9 Å². The summed E-state index contributed by atoms with van der Waals surface area (Å²) in [4.78, 5) is 4.41. The molecule has 3 rings (SSSR count). The molecule has 0 amide bonds. The Kier molecular flexibility index (Phi) is 1.89. The van der Waals surface area contributed by atoms with Crippen LogP contribution in [0.25, 0.3) is 11.3 Å². The Morgan fingerprint density at radius 2 is 2.47 bits per heavy atom. The van der Waals surface area contributed by atoms with Crippen LogP contribution in [0.4, 0.5) is 0 Å². The van der Waals surface area contributed by atoms with Crippen molar-refractivity contribution in [2.45, 2.75) is 19.4 Å². The molecule has 4 nitrogen and oxygen atoms in total. The third-order valence-corrected chi connectivity index (χ3v) is 2.89. The van der Waals surface area contributed by atoms with Crippen molar-refractivity contribution in [2.75, 3.05) is 6.54 Å². The zero-order valence-corrected chi connectivity index (χ0v) is 8.44. The van der Waals surface area contributed by atoms with E-state index >= 15 is 0 Å². The molecule has 1 aliphatic rings. The molecule has 15 heavy (non-hydrogen) atoms. The van der Waals surface area contributed by atoms with Gasteiger partial charge >= 0.3 is 0 Å². The minimum atomic E-state index is 0.648. The molecule has 0 aromatic carbocycles. The van der Waals surface area contributed by atoms with E-state index in [2.05, 4.69) is 9.55 Å². The number of aromatic nitrogens is 2. The number of nitrogens with zero attached hydrogens (tertiary/aromatic N) is 2. The maximum atomic E-state index is 5.56. The van der Waals surface area contributed by atoms with Gasteiger partial charge < -0.3 is 14.7 Å². The molecule has 0 bridgehead atoms. The fraction of sp³-hybridized carbons (Fsp3) is 0.364. The van der Waals surface area contributed by atoms with Gasteiger partial charge in [-0.2, -0.15) is 0 Å². The summed E-state index contributed by atoms with van der Waals surface area (Å²) < 4.78 is 7.66. The number of rotatable bonds is 2. The summed E-state index contributed by atoms with van der Waals surface area (Å²) in [5.41, 5.74) is 7.89. The number of hydrogen-bond donors (Lipinski definition) is 1. The van der Waals surface area contributed by atoms with Crippen LogP contribution < -0.4 is 5.73 Å². The largest absolute Gasteiger partial charge is 0.469 e. The number of hydrogen-bond acceptors (Lipinski definition) is 3. The average Bonchev–Trinajstić information content (AvgIpc) is 2.83. The van der Waals surface area contributed by atoms with Gasteiger partial charge in [-0.3, -0.25) is 0 Å². The molecule has 4 heteroatoms. The second kappa shape index (κ2) is 3.24. The predicted molar refractivity (Wildman–Crippen MR) is 56.4 cm³/mol. The van der Waals surface area contributed by atoms with Crippen molar-refractivity contribution in [1.82, 2.24) is 9.55 Å². The van der Waals surface area contributed by atoms with E-state index in [1.54, 1.807) is 6.26 Å². The Morgan fingerprint density at radius 3 is 3.33 bits per heavy atom. The molecule has 3 heterocycles. The van der Waals surface area contributed by atoms with Crippen LogP contribution in [0.2, 0.25) is 0 Å². The quantitative estimate of drug-likeness (QED) is 0.797. The zero-order valence-electron chi connectivity index (χ0n) is 8.44. The molecule has 0 saturated heterocycles. The van der Waals surface area contributed by atoms with E-state index < -0.39 is 0 Å². The first-order chi connectivity index (χ1) is 7.40. The van der Waals surface area contributed by atoms with Crippen molar-refractivity contribution in [3.63, 3.8) is 0 Å². The number of fused-ring (bicyclic) bond motifs is 3. The lowest BCUT2D eigenvalue weighted by Gasteiger charge is -2.15. The van der Waals surface area contributed by atoms with E-state index in [9.17, 15) is 0 Å². The first-order valence-electron chi connectivity index (χ1n) is 5.21. The molecule has 0 atom stereocenters. The standard InChI is InChI=1S/C11H13N3O/c12-4-1-11-13-7-9-8-3-6-15-10(8)2-5-14(9)11/h3,6-7H,1-2,4-5,12H2. The summed E-state index contributed by atoms with van der Waals surface area (Å²) in [6, 6.07) is 2.01. The van der Waals surface area contributed by atoms with Crippen molar-refractivity contribution in [2.24, 2.45) is 5.73 Å². The highest BCUT2D eigenvalue weighted by Gasteiger charge is 2.20. The molecular weight excluding hydrogens is 190 g/mol. The minimum Gasteiger partial charge on any atom is -0.469 e. The van der Waals surface area contributed by atoms with Crippen LogP contribution in [0, 0.1) is 0 Å². The summed E-state index contributed by atoms with van der Waals surface area (Å²) >= 11 is 0. The van der Waals surface area contributed by atoms with E-state index in [1.165, 1.54) is 5.56 Å². The van der Waals surface area contributed by atoms with Gasteiger partial charge in [-0.1, -0.05) is 0 Å². The topological polar surface area (TPSA) is 57.0 Å². The molecule has 2 aromatic heterocycles. The summed E-state index contributed by atoms with van der Waals surface area (Å²) in [5, 5.41) is 0. The first kappa shape index (κ1) is 8.73. The van der Waals surface area contributed by atoms with Gasteiger partial charge in [-0.25, -0.2) is 4.98 Å². The lowest BCUT2D eigenvalue weighted by atomic mass is 10.1. The summed E-state index contributed by atoms with van der Waals surface area (Å²) in [5.74, 6) is 2.15. The second-order valence-corrected chi connectivity index (χ2v) is 3.76. The van der Waals surface area contributed by atoms with Crippen LogP contribution in [-0.4, -0.2) is 16.1 Å². The smallest absolute Gasteiger partial charge is 0.114 e. The van der Waals surface area contributed by atoms with Crippen molar-refractivity contribution in [3.8, 4) is 11.3 Å². The molecule has 78 valence electrons. The molecule has 0 saturated carbocycles. The van der Waals surface area contributed by atoms with Gasteiger partial charge in [0.15, 0.2) is 0 Å². The number of aryl methyl sites for hydroxylation is 1. The average molecular weight is 203 g/mol. The molecule has 0 radical (unpaired) electrons. The fourth-order valence-electron chi connectivity index (χ4n) is 2.18. The van der Waals surface area contributed by atoms with Crippen LogP contribution in [0.3, 0.4) is 0 Å². The highest BCUT2D eigenvalue weighted by atomic mass is 16.3. The van der Waals surface area contributed by atoms with E-state index in [-0.39, 0.29) is 0 Å². The van der Waals surface area contributed by atoms with Gasteiger partial charge in [0.05, 0.1) is 18.2 Å². The summed E-state index contributed by atoms with van der Waals surface area (Å²) in [6.45, 7) is 1.60. The molecule has 2 aromatic rings. The van der Waals surface area contributed by atoms with Gasteiger partial charge in [-0.15, -0.1) is 0 Å². The SMILES string of the molecule is NCCc1ncc2n1CCc1occc1-2. The Labute approximate surface area is 87.7 Å². The van der Waals surface area contributed by atoms with Crippen molar-refractivity contribution < 1.29 is 4.42 Å². The molecule has 0 aliphatic carbocycles. The molecule has 2 N–H and O–H groups in total. The van der Waals surface area contributed by atoms with Crippen molar-refractivity contribution >= 4 is 0 Å². The van der Waals surface area contributed by atoms with Crippen LogP contribution in [-0.2, 0) is 19.4 Å². The molecular formula is C11H13N3O. The van der Waals surface area contributed by atoms with Crippen LogP contribution in [0.5, 0.6) is 0 Å². The Morgan fingerprint density at radius 1 is 1.53 bits per heavy atom. The number of imidazole rings is 1. The van der Waals surface area contributed by atoms with Gasteiger partial charge in [0.2, 0.25) is 0 Å². The van der Waals surface area contributed by atoms with E-state index in [1.807, 2.05) is 12.3 Å². The molecule has 0 fully saturated rings. The van der Waals surface area contributed by atoms with Gasteiger partial charge in [-0.05, 0) is 12.6 Å². The summed E-state index contributed by atoms with van der Waals surface area (Å²) in [7, 11) is 0. The first-order valence-corrected chi connectivity index (χ1v) is 5.21. The molecule has 0 unspecified atom stereocenters. The van der Waals surface area contributed by atoms with Crippen molar-refractivity contribution in [1.29, 1.82) is 0 Å². The normalized spacial score (nSPS) is 13.7. The molecule has 0 spiro atoms.